The fourth-order valence-electron chi connectivity index (χ4n) is 3.22. The lowest BCUT2D eigenvalue weighted by molar-refractivity contribution is -0.122. The summed E-state index contributed by atoms with van der Waals surface area (Å²) >= 11 is 0. The van der Waals surface area contributed by atoms with Gasteiger partial charge in [-0.25, -0.2) is 0 Å². The van der Waals surface area contributed by atoms with Gasteiger partial charge in [-0.15, -0.1) is 10.2 Å². The van der Waals surface area contributed by atoms with Crippen LogP contribution in [0.25, 0.3) is 0 Å². The van der Waals surface area contributed by atoms with Crippen molar-refractivity contribution in [3.8, 4) is 0 Å². The van der Waals surface area contributed by atoms with Crippen molar-refractivity contribution in [2.45, 2.75) is 38.8 Å². The molecule has 0 radical (unpaired) electrons. The average molecular weight is 296 g/mol. The maximum Gasteiger partial charge on any atom is 0.224 e. The number of benzene rings is 1. The van der Waals surface area contributed by atoms with Gasteiger partial charge in [0.15, 0.2) is 5.82 Å². The Bertz CT molecular complexity index is 675. The largest absolute Gasteiger partial charge is 0.349 e. The fraction of sp³-hybridized carbons (Fsp3) is 0.471. The van der Waals surface area contributed by atoms with Crippen LogP contribution in [-0.2, 0) is 24.3 Å². The molecule has 2 fully saturated rings. The molecular formula is C17H20N4O. The van der Waals surface area contributed by atoms with Crippen molar-refractivity contribution in [3.63, 3.8) is 0 Å². The highest BCUT2D eigenvalue weighted by molar-refractivity contribution is 5.83. The molecule has 2 aliphatic rings. The number of carbonyl (C=O) groups excluding carboxylic acids is 1. The summed E-state index contributed by atoms with van der Waals surface area (Å²) in [6.07, 6.45) is 6.23. The molecule has 4 rings (SSSR count). The van der Waals surface area contributed by atoms with E-state index in [9.17, 15) is 4.79 Å². The first-order valence-electron chi connectivity index (χ1n) is 7.95. The Balaban J connectivity index is 1.31. The Hall–Kier alpha value is -2.17. The summed E-state index contributed by atoms with van der Waals surface area (Å²) < 4.78 is 2.02. The predicted molar refractivity (Wildman–Crippen MR) is 81.8 cm³/mol. The molecule has 2 aliphatic carbocycles. The first-order chi connectivity index (χ1) is 10.8. The highest BCUT2D eigenvalue weighted by Gasteiger charge is 2.65. The molecule has 1 atom stereocenters. The van der Waals surface area contributed by atoms with Gasteiger partial charge < -0.3 is 9.88 Å². The number of aryl methyl sites for hydroxylation is 2. The summed E-state index contributed by atoms with van der Waals surface area (Å²) in [5, 5.41) is 11.1. The number of aromatic nitrogens is 3. The molecule has 1 aromatic carbocycles. The van der Waals surface area contributed by atoms with E-state index in [1.165, 1.54) is 18.4 Å². The van der Waals surface area contributed by atoms with E-state index in [0.717, 1.165) is 25.2 Å². The molecule has 1 heterocycles. The van der Waals surface area contributed by atoms with Gasteiger partial charge in [0.1, 0.15) is 6.33 Å². The van der Waals surface area contributed by atoms with E-state index in [0.29, 0.717) is 12.0 Å². The van der Waals surface area contributed by atoms with Crippen molar-refractivity contribution in [2.24, 2.45) is 11.3 Å². The fourth-order valence-corrected chi connectivity index (χ4v) is 3.22. The van der Waals surface area contributed by atoms with Crippen molar-refractivity contribution >= 4 is 5.91 Å². The van der Waals surface area contributed by atoms with Crippen LogP contribution in [0.3, 0.4) is 0 Å². The second-order valence-electron chi connectivity index (χ2n) is 6.51. The molecule has 0 saturated heterocycles. The van der Waals surface area contributed by atoms with Gasteiger partial charge in [0.05, 0.1) is 6.54 Å². The van der Waals surface area contributed by atoms with E-state index < -0.39 is 0 Å². The Kier molecular flexibility index (Phi) is 3.21. The highest BCUT2D eigenvalue weighted by Crippen LogP contribution is 2.70. The topological polar surface area (TPSA) is 59.8 Å². The Morgan fingerprint density at radius 2 is 2.14 bits per heavy atom. The Morgan fingerprint density at radius 3 is 2.86 bits per heavy atom. The van der Waals surface area contributed by atoms with Gasteiger partial charge in [0, 0.05) is 12.5 Å². The van der Waals surface area contributed by atoms with Crippen molar-refractivity contribution in [1.82, 2.24) is 20.1 Å². The van der Waals surface area contributed by atoms with Crippen LogP contribution in [-0.4, -0.2) is 20.7 Å². The molecule has 5 nitrogen and oxygen atoms in total. The Morgan fingerprint density at radius 1 is 1.32 bits per heavy atom. The van der Waals surface area contributed by atoms with E-state index in [1.807, 2.05) is 22.8 Å². The summed E-state index contributed by atoms with van der Waals surface area (Å²) in [5.41, 5.74) is 1.70. The zero-order chi connectivity index (χ0) is 15.0. The average Bonchev–Trinajstić information content (AvgIpc) is 3.44. The summed E-state index contributed by atoms with van der Waals surface area (Å²) in [5.74, 6) is 1.28. The smallest absolute Gasteiger partial charge is 0.224 e. The maximum atomic E-state index is 12.1. The predicted octanol–water partition coefficient (Wildman–Crippen LogP) is 1.94. The van der Waals surface area contributed by atoms with Crippen LogP contribution in [0.1, 0.15) is 30.7 Å². The quantitative estimate of drug-likeness (QED) is 0.886. The second-order valence-corrected chi connectivity index (χ2v) is 6.51. The zero-order valence-electron chi connectivity index (χ0n) is 12.5. The normalized spacial score (nSPS) is 20.8. The third-order valence-corrected chi connectivity index (χ3v) is 5.00. The Labute approximate surface area is 129 Å². The molecule has 0 aliphatic heterocycles. The van der Waals surface area contributed by atoms with E-state index in [4.69, 9.17) is 0 Å². The van der Waals surface area contributed by atoms with Crippen LogP contribution >= 0.6 is 0 Å². The van der Waals surface area contributed by atoms with Gasteiger partial charge >= 0.3 is 0 Å². The molecular weight excluding hydrogens is 276 g/mol. The third-order valence-electron chi connectivity index (χ3n) is 5.00. The molecule has 0 bridgehead atoms. The SMILES string of the molecule is O=C(NCc1nncn1CCc1ccccc1)C1CC12CC2. The van der Waals surface area contributed by atoms with Crippen LogP contribution in [0.5, 0.6) is 0 Å². The van der Waals surface area contributed by atoms with Crippen LogP contribution in [0, 0.1) is 11.3 Å². The second kappa shape index (κ2) is 5.23. The number of carbonyl (C=O) groups is 1. The first-order valence-corrected chi connectivity index (χ1v) is 7.95. The molecule has 1 amide bonds. The van der Waals surface area contributed by atoms with Crippen molar-refractivity contribution in [2.75, 3.05) is 0 Å². The maximum absolute atomic E-state index is 12.1. The number of amides is 1. The molecule has 22 heavy (non-hydrogen) atoms. The summed E-state index contributed by atoms with van der Waals surface area (Å²) in [6.45, 7) is 1.30. The number of nitrogens with zero attached hydrogens (tertiary/aromatic N) is 3. The van der Waals surface area contributed by atoms with Crippen molar-refractivity contribution in [3.05, 3.63) is 48.0 Å². The summed E-state index contributed by atoms with van der Waals surface area (Å²) in [7, 11) is 0. The summed E-state index contributed by atoms with van der Waals surface area (Å²) in [6, 6.07) is 10.4. The first kappa shape index (κ1) is 13.5. The van der Waals surface area contributed by atoms with Crippen LogP contribution < -0.4 is 5.32 Å². The minimum atomic E-state index is 0.190. The van der Waals surface area contributed by atoms with E-state index in [1.54, 1.807) is 6.33 Å². The van der Waals surface area contributed by atoms with Gasteiger partial charge in [-0.3, -0.25) is 4.79 Å². The lowest BCUT2D eigenvalue weighted by atomic mass is 10.1. The van der Waals surface area contributed by atoms with Gasteiger partial charge in [0.2, 0.25) is 5.91 Å². The molecule has 1 aromatic heterocycles. The standard InChI is InChI=1S/C17H20N4O/c22-16(14-10-17(14)7-8-17)18-11-15-20-19-12-21(15)9-6-13-4-2-1-3-5-13/h1-5,12,14H,6-11H2,(H,18,22). The van der Waals surface area contributed by atoms with Crippen LogP contribution in [0.4, 0.5) is 0 Å². The van der Waals surface area contributed by atoms with Crippen molar-refractivity contribution in [1.29, 1.82) is 0 Å². The molecule has 1 unspecified atom stereocenters. The molecule has 1 N–H and O–H groups in total. The van der Waals surface area contributed by atoms with E-state index in [2.05, 4.69) is 27.6 Å². The van der Waals surface area contributed by atoms with Gasteiger partial charge in [-0.05, 0) is 36.7 Å². The lowest BCUT2D eigenvalue weighted by Crippen LogP contribution is -2.27. The molecule has 114 valence electrons. The minimum absolute atomic E-state index is 0.190. The lowest BCUT2D eigenvalue weighted by Gasteiger charge is -2.08. The number of hydrogen-bond donors (Lipinski definition) is 1. The van der Waals surface area contributed by atoms with Crippen LogP contribution in [0.2, 0.25) is 0 Å². The van der Waals surface area contributed by atoms with Gasteiger partial charge in [-0.2, -0.15) is 0 Å². The zero-order valence-corrected chi connectivity index (χ0v) is 12.5. The minimum Gasteiger partial charge on any atom is -0.349 e. The van der Waals surface area contributed by atoms with Crippen molar-refractivity contribution < 1.29 is 4.79 Å². The van der Waals surface area contributed by atoms with Crippen LogP contribution in [0.15, 0.2) is 36.7 Å². The molecule has 2 saturated carbocycles. The monoisotopic (exact) mass is 296 g/mol. The third kappa shape index (κ3) is 2.63. The number of hydrogen-bond acceptors (Lipinski definition) is 3. The number of nitrogens with one attached hydrogen (secondary N) is 1. The number of rotatable bonds is 6. The summed E-state index contributed by atoms with van der Waals surface area (Å²) in [4.78, 5) is 12.1. The van der Waals surface area contributed by atoms with Gasteiger partial charge in [0.25, 0.3) is 0 Å². The molecule has 1 spiro atoms. The van der Waals surface area contributed by atoms with E-state index in [-0.39, 0.29) is 11.8 Å². The van der Waals surface area contributed by atoms with Gasteiger partial charge in [-0.1, -0.05) is 30.3 Å². The molecule has 2 aromatic rings. The highest BCUT2D eigenvalue weighted by atomic mass is 16.2. The molecule has 5 heteroatoms. The van der Waals surface area contributed by atoms with E-state index >= 15 is 0 Å².